The summed E-state index contributed by atoms with van der Waals surface area (Å²) >= 11 is 0. The van der Waals surface area contributed by atoms with E-state index in [1.807, 2.05) is 0 Å². The smallest absolute Gasteiger partial charge is 0.234 e. The van der Waals surface area contributed by atoms with E-state index in [4.69, 9.17) is 0 Å². The maximum Gasteiger partial charge on any atom is 0.234 e. The molecule has 1 amide bonds. The zero-order valence-corrected chi connectivity index (χ0v) is 9.81. The molecule has 0 aliphatic heterocycles. The van der Waals surface area contributed by atoms with E-state index in [9.17, 15) is 4.79 Å². The summed E-state index contributed by atoms with van der Waals surface area (Å²) < 4.78 is 0. The lowest BCUT2D eigenvalue weighted by Crippen LogP contribution is -2.45. The van der Waals surface area contributed by atoms with Gasteiger partial charge in [0.25, 0.3) is 0 Å². The minimum Gasteiger partial charge on any atom is -0.352 e. The molecule has 0 heterocycles. The van der Waals surface area contributed by atoms with Crippen LogP contribution < -0.4 is 10.6 Å². The van der Waals surface area contributed by atoms with Gasteiger partial charge in [-0.3, -0.25) is 4.79 Å². The molecule has 1 unspecified atom stereocenters. The van der Waals surface area contributed by atoms with E-state index in [-0.39, 0.29) is 11.3 Å². The van der Waals surface area contributed by atoms with E-state index in [0.29, 0.717) is 19.1 Å². The third-order valence-corrected chi connectivity index (χ3v) is 3.17. The lowest BCUT2D eigenvalue weighted by Gasteiger charge is -2.27. The minimum atomic E-state index is 0.0943. The summed E-state index contributed by atoms with van der Waals surface area (Å²) in [6.07, 6.45) is 5.29. The summed E-state index contributed by atoms with van der Waals surface area (Å²) in [4.78, 5) is 11.6. The first-order valence-electron chi connectivity index (χ1n) is 5.67. The first kappa shape index (κ1) is 12.2. The Bertz CT molecular complexity index is 236. The van der Waals surface area contributed by atoms with E-state index in [0.717, 1.165) is 6.42 Å². The van der Waals surface area contributed by atoms with Crippen molar-refractivity contribution in [3.05, 3.63) is 12.7 Å². The van der Waals surface area contributed by atoms with Crippen LogP contribution in [0.1, 0.15) is 33.1 Å². The van der Waals surface area contributed by atoms with Gasteiger partial charge in [-0.1, -0.05) is 26.3 Å². The van der Waals surface area contributed by atoms with Gasteiger partial charge in [0, 0.05) is 12.6 Å². The summed E-state index contributed by atoms with van der Waals surface area (Å²) in [6, 6.07) is 0.343. The van der Waals surface area contributed by atoms with Gasteiger partial charge in [-0.25, -0.2) is 0 Å². The maximum absolute atomic E-state index is 11.6. The van der Waals surface area contributed by atoms with Gasteiger partial charge in [0.2, 0.25) is 5.91 Å². The molecule has 1 fully saturated rings. The molecule has 0 saturated heterocycles. The molecule has 0 radical (unpaired) electrons. The molecule has 15 heavy (non-hydrogen) atoms. The van der Waals surface area contributed by atoms with Gasteiger partial charge in [-0.15, -0.1) is 6.58 Å². The number of rotatable bonds is 5. The summed E-state index contributed by atoms with van der Waals surface area (Å²) in [5.74, 6) is 0.0943. The predicted octanol–water partition coefficient (Wildman–Crippen LogP) is 1.46. The molecule has 1 aliphatic rings. The molecule has 1 saturated carbocycles. The summed E-state index contributed by atoms with van der Waals surface area (Å²) in [5, 5.41) is 6.10. The SMILES string of the molecule is C=CCNCC(=O)NC1CCCC1(C)C. The molecule has 0 aromatic rings. The quantitative estimate of drug-likeness (QED) is 0.533. The van der Waals surface area contributed by atoms with Crippen LogP contribution in [0.15, 0.2) is 12.7 Å². The van der Waals surface area contributed by atoms with Gasteiger partial charge >= 0.3 is 0 Å². The summed E-state index contributed by atoms with van der Waals surface area (Å²) in [7, 11) is 0. The van der Waals surface area contributed by atoms with Gasteiger partial charge in [0.1, 0.15) is 0 Å². The Morgan fingerprint density at radius 2 is 2.33 bits per heavy atom. The van der Waals surface area contributed by atoms with E-state index in [1.165, 1.54) is 12.8 Å². The van der Waals surface area contributed by atoms with Crippen molar-refractivity contribution in [1.82, 2.24) is 10.6 Å². The average molecular weight is 210 g/mol. The molecule has 0 aromatic heterocycles. The molecule has 86 valence electrons. The lowest BCUT2D eigenvalue weighted by atomic mass is 9.87. The van der Waals surface area contributed by atoms with Crippen LogP contribution in [-0.2, 0) is 4.79 Å². The van der Waals surface area contributed by atoms with Crippen LogP contribution in [0.5, 0.6) is 0 Å². The topological polar surface area (TPSA) is 41.1 Å². The van der Waals surface area contributed by atoms with Gasteiger partial charge < -0.3 is 10.6 Å². The average Bonchev–Trinajstić information content (AvgIpc) is 2.46. The molecule has 3 heteroatoms. The molecule has 2 N–H and O–H groups in total. The Balaban J connectivity index is 2.28. The normalized spacial score (nSPS) is 23.7. The first-order chi connectivity index (χ1) is 7.06. The number of carbonyl (C=O) groups is 1. The molecule has 0 spiro atoms. The summed E-state index contributed by atoms with van der Waals surface area (Å²) in [6.45, 7) is 9.11. The fourth-order valence-corrected chi connectivity index (χ4v) is 2.13. The fraction of sp³-hybridized carbons (Fsp3) is 0.750. The van der Waals surface area contributed by atoms with Gasteiger partial charge in [-0.2, -0.15) is 0 Å². The molecular formula is C12H22N2O. The van der Waals surface area contributed by atoms with Crippen molar-refractivity contribution in [1.29, 1.82) is 0 Å². The number of hydrogen-bond donors (Lipinski definition) is 2. The highest BCUT2D eigenvalue weighted by Gasteiger charge is 2.35. The van der Waals surface area contributed by atoms with Crippen molar-refractivity contribution < 1.29 is 4.79 Å². The molecule has 3 nitrogen and oxygen atoms in total. The third-order valence-electron chi connectivity index (χ3n) is 3.17. The van der Waals surface area contributed by atoms with Crippen molar-refractivity contribution in [2.45, 2.75) is 39.2 Å². The Morgan fingerprint density at radius 1 is 1.60 bits per heavy atom. The highest BCUT2D eigenvalue weighted by atomic mass is 16.2. The van der Waals surface area contributed by atoms with Crippen LogP contribution in [0, 0.1) is 5.41 Å². The predicted molar refractivity (Wildman–Crippen MR) is 62.6 cm³/mol. The lowest BCUT2D eigenvalue weighted by molar-refractivity contribution is -0.121. The number of carbonyl (C=O) groups excluding carboxylic acids is 1. The van der Waals surface area contributed by atoms with E-state index in [2.05, 4.69) is 31.1 Å². The van der Waals surface area contributed by atoms with Crippen LogP contribution in [0.2, 0.25) is 0 Å². The second kappa shape index (κ2) is 5.31. The zero-order valence-electron chi connectivity index (χ0n) is 9.81. The molecule has 1 atom stereocenters. The Kier molecular flexibility index (Phi) is 4.33. The number of hydrogen-bond acceptors (Lipinski definition) is 2. The molecule has 0 bridgehead atoms. The van der Waals surface area contributed by atoms with Crippen LogP contribution in [0.25, 0.3) is 0 Å². The number of nitrogens with one attached hydrogen (secondary N) is 2. The van der Waals surface area contributed by atoms with Crippen molar-refractivity contribution in [2.75, 3.05) is 13.1 Å². The van der Waals surface area contributed by atoms with Crippen molar-refractivity contribution in [2.24, 2.45) is 5.41 Å². The van der Waals surface area contributed by atoms with Gasteiger partial charge in [0.15, 0.2) is 0 Å². The van der Waals surface area contributed by atoms with Crippen LogP contribution >= 0.6 is 0 Å². The number of amides is 1. The molecular weight excluding hydrogens is 188 g/mol. The highest BCUT2D eigenvalue weighted by Crippen LogP contribution is 2.36. The van der Waals surface area contributed by atoms with Crippen LogP contribution in [-0.4, -0.2) is 25.0 Å². The standard InChI is InChI=1S/C12H22N2O/c1-4-8-13-9-11(15)14-10-6-5-7-12(10,2)3/h4,10,13H,1,5-9H2,2-3H3,(H,14,15). The first-order valence-corrected chi connectivity index (χ1v) is 5.67. The molecule has 1 aliphatic carbocycles. The Hall–Kier alpha value is -0.830. The van der Waals surface area contributed by atoms with Crippen LogP contribution in [0.4, 0.5) is 0 Å². The second-order valence-electron chi connectivity index (χ2n) is 4.92. The minimum absolute atomic E-state index is 0.0943. The highest BCUT2D eigenvalue weighted by molar-refractivity contribution is 5.78. The summed E-state index contributed by atoms with van der Waals surface area (Å²) in [5.41, 5.74) is 0.258. The van der Waals surface area contributed by atoms with E-state index < -0.39 is 0 Å². The van der Waals surface area contributed by atoms with Gasteiger partial charge in [-0.05, 0) is 18.3 Å². The largest absolute Gasteiger partial charge is 0.352 e. The monoisotopic (exact) mass is 210 g/mol. The fourth-order valence-electron chi connectivity index (χ4n) is 2.13. The van der Waals surface area contributed by atoms with Crippen molar-refractivity contribution in [3.63, 3.8) is 0 Å². The molecule has 1 rings (SSSR count). The zero-order chi connectivity index (χ0) is 11.3. The van der Waals surface area contributed by atoms with E-state index >= 15 is 0 Å². The van der Waals surface area contributed by atoms with Crippen molar-refractivity contribution in [3.8, 4) is 0 Å². The third kappa shape index (κ3) is 3.67. The van der Waals surface area contributed by atoms with Crippen molar-refractivity contribution >= 4 is 5.91 Å². The Labute approximate surface area is 92.3 Å². The molecule has 0 aromatic carbocycles. The Morgan fingerprint density at radius 3 is 2.87 bits per heavy atom. The van der Waals surface area contributed by atoms with Gasteiger partial charge in [0.05, 0.1) is 6.54 Å². The maximum atomic E-state index is 11.6. The van der Waals surface area contributed by atoms with Crippen LogP contribution in [0.3, 0.4) is 0 Å². The van der Waals surface area contributed by atoms with E-state index in [1.54, 1.807) is 6.08 Å². The second-order valence-corrected chi connectivity index (χ2v) is 4.92.